The van der Waals surface area contributed by atoms with Crippen molar-refractivity contribution in [2.24, 2.45) is 0 Å². The molecule has 7 heteroatoms. The van der Waals surface area contributed by atoms with Gasteiger partial charge in [-0.25, -0.2) is 10.5 Å². The van der Waals surface area contributed by atoms with Gasteiger partial charge in [-0.2, -0.15) is 4.84 Å². The van der Waals surface area contributed by atoms with Crippen molar-refractivity contribution in [2.45, 2.75) is 32.0 Å². The molecule has 3 aromatic rings. The first-order valence-corrected chi connectivity index (χ1v) is 9.44. The monoisotopic (exact) mass is 379 g/mol. The Balaban J connectivity index is 1.29. The summed E-state index contributed by atoms with van der Waals surface area (Å²) in [4.78, 5) is 29.1. The maximum absolute atomic E-state index is 11.9. The summed E-state index contributed by atoms with van der Waals surface area (Å²) in [6, 6.07) is 9.89. The first kappa shape index (κ1) is 18.3. The van der Waals surface area contributed by atoms with E-state index in [-0.39, 0.29) is 12.2 Å². The molecule has 0 spiro atoms. The van der Waals surface area contributed by atoms with Crippen molar-refractivity contribution in [1.82, 2.24) is 20.4 Å². The molecule has 0 aliphatic carbocycles. The van der Waals surface area contributed by atoms with Gasteiger partial charge in [0.2, 0.25) is 0 Å². The lowest BCUT2D eigenvalue weighted by Gasteiger charge is -2.17. The molecule has 28 heavy (non-hydrogen) atoms. The molecule has 1 saturated heterocycles. The highest BCUT2D eigenvalue weighted by atomic mass is 16.8. The summed E-state index contributed by atoms with van der Waals surface area (Å²) in [5.74, 6) is 0.608. The lowest BCUT2D eigenvalue weighted by molar-refractivity contribution is -0.275. The van der Waals surface area contributed by atoms with E-state index in [0.717, 1.165) is 53.9 Å². The summed E-state index contributed by atoms with van der Waals surface area (Å²) in [6.45, 7) is 0.799. The smallest absolute Gasteiger partial charge is 0.286 e. The molecule has 7 nitrogen and oxygen atoms in total. The van der Waals surface area contributed by atoms with E-state index in [0.29, 0.717) is 6.42 Å². The second-order valence-corrected chi connectivity index (χ2v) is 6.77. The highest BCUT2D eigenvalue weighted by molar-refractivity contribution is 5.90. The number of amides is 1. The number of hydroxylamine groups is 1. The molecule has 1 unspecified atom stereocenters. The van der Waals surface area contributed by atoms with Crippen molar-refractivity contribution in [2.75, 3.05) is 6.61 Å². The van der Waals surface area contributed by atoms with Gasteiger partial charge >= 0.3 is 0 Å². The Labute approximate surface area is 162 Å². The van der Waals surface area contributed by atoms with Crippen LogP contribution >= 0.6 is 0 Å². The van der Waals surface area contributed by atoms with Crippen LogP contribution in [0.25, 0.3) is 17.1 Å². The predicted octanol–water partition coefficient (Wildman–Crippen LogP) is 2.65. The number of imidazole rings is 1. The number of rotatable bonds is 6. The van der Waals surface area contributed by atoms with Gasteiger partial charge in [0.15, 0.2) is 0 Å². The number of pyridine rings is 1. The number of fused-ring (bicyclic) bond motifs is 1. The van der Waals surface area contributed by atoms with Crippen molar-refractivity contribution < 1.29 is 14.4 Å². The molecule has 0 radical (unpaired) electrons. The topological polar surface area (TPSA) is 92.7 Å². The number of hydrogen-bond acceptors (Lipinski definition) is 4. The van der Waals surface area contributed by atoms with Gasteiger partial charge in [0.05, 0.1) is 17.2 Å². The summed E-state index contributed by atoms with van der Waals surface area (Å²) in [6.07, 6.45) is 10.2. The van der Waals surface area contributed by atoms with Gasteiger partial charge in [0.1, 0.15) is 12.4 Å². The Bertz CT molecular complexity index is 926. The molecule has 3 heterocycles. The number of ether oxygens (including phenoxy) is 1. The van der Waals surface area contributed by atoms with E-state index in [1.807, 2.05) is 30.3 Å². The number of hydrogen-bond donors (Lipinski definition) is 2. The van der Waals surface area contributed by atoms with Gasteiger partial charge in [-0.15, -0.1) is 0 Å². The molecule has 144 valence electrons. The van der Waals surface area contributed by atoms with E-state index < -0.39 is 0 Å². The number of aromatic amines is 1. The molecule has 1 aliphatic heterocycles. The number of aliphatic hydroxyl groups is 2. The van der Waals surface area contributed by atoms with Gasteiger partial charge in [-0.1, -0.05) is 24.3 Å². The van der Waals surface area contributed by atoms with Crippen LogP contribution in [0, 0.1) is 0 Å². The lowest BCUT2D eigenvalue weighted by Crippen LogP contribution is -2.34. The third-order valence-corrected chi connectivity index (χ3v) is 4.60. The number of carbonyl (C=O) groups is 1. The van der Waals surface area contributed by atoms with Crippen LogP contribution in [0.1, 0.15) is 36.2 Å². The third-order valence-electron chi connectivity index (χ3n) is 4.60. The number of H-pyrrole nitrogens is 1. The molecular formula is C21H23N4O3+. The highest BCUT2D eigenvalue weighted by Crippen LogP contribution is 2.14. The van der Waals surface area contributed by atoms with Crippen LogP contribution in [0.5, 0.6) is 0 Å². The summed E-state index contributed by atoms with van der Waals surface area (Å²) in [7, 11) is 0. The zero-order chi connectivity index (χ0) is 19.2. The van der Waals surface area contributed by atoms with Gasteiger partial charge < -0.3 is 9.72 Å². The second-order valence-electron chi connectivity index (χ2n) is 6.77. The fourth-order valence-electron chi connectivity index (χ4n) is 3.12. The van der Waals surface area contributed by atoms with E-state index in [4.69, 9.17) is 4.84 Å². The minimum Gasteiger partial charge on any atom is -0.408 e. The standard InChI is InChI=1S/C21H22N4O3/c26-20(25-28-21-3-1-2-12-27-21)9-8-15-4-6-16(7-5-15)13-19-23-17-10-11-22-14-18(17)24-19/h4-11,14,21H,1-3,12-13H2,(H,23,24)(H,25,26)/p+1/b9-8+. The average Bonchev–Trinajstić information content (AvgIpc) is 3.15. The van der Waals surface area contributed by atoms with Crippen LogP contribution in [0.4, 0.5) is 0 Å². The first-order chi connectivity index (χ1) is 13.8. The van der Waals surface area contributed by atoms with Gasteiger partial charge in [-0.05, 0) is 29.7 Å². The molecule has 0 saturated carbocycles. The maximum Gasteiger partial charge on any atom is 0.286 e. The molecule has 4 rings (SSSR count). The zero-order valence-corrected chi connectivity index (χ0v) is 15.5. The van der Waals surface area contributed by atoms with Crippen molar-refractivity contribution in [3.8, 4) is 0 Å². The quantitative estimate of drug-likeness (QED) is 0.391. The van der Waals surface area contributed by atoms with E-state index >= 15 is 0 Å². The Kier molecular flexibility index (Phi) is 5.75. The maximum atomic E-state index is 11.9. The number of carbonyl (C=O) groups excluding carboxylic acids is 1. The molecule has 3 N–H and O–H groups in total. The fourth-order valence-corrected chi connectivity index (χ4v) is 3.12. The Morgan fingerprint density at radius 2 is 2.18 bits per heavy atom. The molecule has 0 bridgehead atoms. The van der Waals surface area contributed by atoms with Gasteiger partial charge in [-0.3, -0.25) is 9.78 Å². The molecule has 1 atom stereocenters. The van der Waals surface area contributed by atoms with Crippen LogP contribution in [0.2, 0.25) is 0 Å². The van der Waals surface area contributed by atoms with Crippen LogP contribution in [0.15, 0.2) is 48.8 Å². The van der Waals surface area contributed by atoms with Crippen LogP contribution in [-0.2, 0) is 16.1 Å². The minimum absolute atomic E-state index is 0.223. The SMILES string of the molecule is O=C(/C=C/c1ccc(Cc2nc3ccncc3[nH]2)cc1)NOC1CCCC[OH+]1. The summed E-state index contributed by atoms with van der Waals surface area (Å²) in [5.41, 5.74) is 6.37. The van der Waals surface area contributed by atoms with Crippen molar-refractivity contribution in [1.29, 1.82) is 0 Å². The van der Waals surface area contributed by atoms with Gasteiger partial charge in [0, 0.05) is 31.5 Å². The molecule has 1 aliphatic rings. The van der Waals surface area contributed by atoms with Crippen LogP contribution in [0.3, 0.4) is 0 Å². The Hall–Kier alpha value is -3.03. The third kappa shape index (κ3) is 4.82. The first-order valence-electron chi connectivity index (χ1n) is 9.44. The molecule has 1 amide bonds. The largest absolute Gasteiger partial charge is 0.408 e. The molecule has 1 aromatic carbocycles. The summed E-state index contributed by atoms with van der Waals surface area (Å²) < 4.78 is 4.31. The fraction of sp³-hybridized carbons (Fsp3) is 0.286. The lowest BCUT2D eigenvalue weighted by atomic mass is 10.1. The number of benzene rings is 1. The molecule has 2 aromatic heterocycles. The van der Waals surface area contributed by atoms with Crippen molar-refractivity contribution in [3.63, 3.8) is 0 Å². The number of nitrogens with one attached hydrogen (secondary N) is 2. The Morgan fingerprint density at radius 3 is 2.96 bits per heavy atom. The minimum atomic E-state index is -0.291. The molecular weight excluding hydrogens is 356 g/mol. The normalized spacial score (nSPS) is 17.2. The summed E-state index contributed by atoms with van der Waals surface area (Å²) in [5, 5.41) is 0. The second kappa shape index (κ2) is 8.77. The van der Waals surface area contributed by atoms with Crippen LogP contribution in [-0.4, -0.2) is 38.5 Å². The highest BCUT2D eigenvalue weighted by Gasteiger charge is 2.19. The zero-order valence-electron chi connectivity index (χ0n) is 15.5. The summed E-state index contributed by atoms with van der Waals surface area (Å²) >= 11 is 0. The van der Waals surface area contributed by atoms with E-state index in [2.05, 4.69) is 25.2 Å². The molecule has 1 fully saturated rings. The van der Waals surface area contributed by atoms with E-state index in [1.165, 1.54) is 6.08 Å². The van der Waals surface area contributed by atoms with Crippen molar-refractivity contribution in [3.05, 3.63) is 65.8 Å². The van der Waals surface area contributed by atoms with Gasteiger partial charge in [0.25, 0.3) is 12.2 Å². The predicted molar refractivity (Wildman–Crippen MR) is 106 cm³/mol. The van der Waals surface area contributed by atoms with Crippen LogP contribution < -0.4 is 5.48 Å². The van der Waals surface area contributed by atoms with E-state index in [1.54, 1.807) is 18.5 Å². The number of aromatic nitrogens is 3. The van der Waals surface area contributed by atoms with Crippen molar-refractivity contribution >= 4 is 23.0 Å². The van der Waals surface area contributed by atoms with E-state index in [9.17, 15) is 4.79 Å². The Morgan fingerprint density at radius 1 is 1.29 bits per heavy atom. The number of nitrogens with zero attached hydrogens (tertiary/aromatic N) is 2. The average molecular weight is 379 g/mol.